The van der Waals surface area contributed by atoms with Crippen LogP contribution in [0.15, 0.2) is 23.1 Å². The van der Waals surface area contributed by atoms with Crippen molar-refractivity contribution in [3.63, 3.8) is 0 Å². The molecule has 1 aliphatic carbocycles. The molecular weight excluding hydrogens is 234 g/mol. The van der Waals surface area contributed by atoms with E-state index < -0.39 is 5.97 Å². The zero-order chi connectivity index (χ0) is 13.1. The van der Waals surface area contributed by atoms with Crippen molar-refractivity contribution in [3.05, 3.63) is 34.2 Å². The van der Waals surface area contributed by atoms with Crippen molar-refractivity contribution in [2.24, 2.45) is 0 Å². The number of carbonyl (C=O) groups is 1. The molecule has 0 aromatic carbocycles. The summed E-state index contributed by atoms with van der Waals surface area (Å²) in [5.41, 5.74) is -0.302. The fourth-order valence-electron chi connectivity index (χ4n) is 2.45. The number of nitrogens with zero attached hydrogens (tertiary/aromatic N) is 1. The SMILES string of the molecule is COC(=O)c1cccn(C2CCC[C@@H](O)C2)c1=O. The minimum absolute atomic E-state index is 0.0362. The fourth-order valence-corrected chi connectivity index (χ4v) is 2.45. The van der Waals surface area contributed by atoms with Gasteiger partial charge in [0.2, 0.25) is 0 Å². The van der Waals surface area contributed by atoms with Crippen molar-refractivity contribution in [3.8, 4) is 0 Å². The molecule has 0 radical (unpaired) electrons. The minimum atomic E-state index is -0.620. The van der Waals surface area contributed by atoms with Gasteiger partial charge in [-0.3, -0.25) is 4.79 Å². The van der Waals surface area contributed by atoms with Gasteiger partial charge < -0.3 is 14.4 Å². The van der Waals surface area contributed by atoms with Crippen LogP contribution in [0.25, 0.3) is 0 Å². The predicted octanol–water partition coefficient (Wildman–Crippen LogP) is 1.11. The highest BCUT2D eigenvalue weighted by Crippen LogP contribution is 2.27. The Kier molecular flexibility index (Phi) is 3.81. The van der Waals surface area contributed by atoms with Gasteiger partial charge in [-0.2, -0.15) is 0 Å². The van der Waals surface area contributed by atoms with E-state index in [0.29, 0.717) is 6.42 Å². The van der Waals surface area contributed by atoms with Crippen LogP contribution < -0.4 is 5.56 Å². The highest BCUT2D eigenvalue weighted by molar-refractivity contribution is 5.88. The molecule has 1 N–H and O–H groups in total. The zero-order valence-electron chi connectivity index (χ0n) is 10.3. The number of ether oxygens (including phenoxy) is 1. The van der Waals surface area contributed by atoms with E-state index in [9.17, 15) is 14.7 Å². The van der Waals surface area contributed by atoms with Crippen LogP contribution in [-0.4, -0.2) is 28.9 Å². The lowest BCUT2D eigenvalue weighted by Crippen LogP contribution is -2.32. The predicted molar refractivity (Wildman–Crippen MR) is 65.6 cm³/mol. The summed E-state index contributed by atoms with van der Waals surface area (Å²) in [7, 11) is 1.25. The molecule has 1 heterocycles. The summed E-state index contributed by atoms with van der Waals surface area (Å²) in [6.07, 6.45) is 4.38. The molecule has 1 aromatic heterocycles. The Morgan fingerprint density at radius 3 is 2.94 bits per heavy atom. The number of carbonyl (C=O) groups excluding carboxylic acids is 1. The topological polar surface area (TPSA) is 68.5 Å². The second-order valence-corrected chi connectivity index (χ2v) is 4.60. The van der Waals surface area contributed by atoms with Gasteiger partial charge in [0.05, 0.1) is 13.2 Å². The smallest absolute Gasteiger partial charge is 0.343 e. The number of esters is 1. The van der Waals surface area contributed by atoms with Gasteiger partial charge in [0.1, 0.15) is 5.56 Å². The minimum Gasteiger partial charge on any atom is -0.465 e. The maximum absolute atomic E-state index is 12.2. The third kappa shape index (κ3) is 2.46. The maximum Gasteiger partial charge on any atom is 0.343 e. The lowest BCUT2D eigenvalue weighted by Gasteiger charge is -2.27. The van der Waals surface area contributed by atoms with Gasteiger partial charge in [-0.05, 0) is 37.8 Å². The highest BCUT2D eigenvalue weighted by Gasteiger charge is 2.23. The standard InChI is InChI=1S/C13H17NO4/c1-18-13(17)11-6-3-7-14(12(11)16)9-4-2-5-10(15)8-9/h3,6-7,9-10,15H,2,4-5,8H2,1H3/t9?,10-/m1/s1. The Bertz CT molecular complexity index is 494. The van der Waals surface area contributed by atoms with Gasteiger partial charge in [-0.25, -0.2) is 4.79 Å². The normalized spacial score (nSPS) is 23.7. The first-order chi connectivity index (χ1) is 8.63. The number of aliphatic hydroxyl groups excluding tert-OH is 1. The van der Waals surface area contributed by atoms with E-state index in [0.717, 1.165) is 19.3 Å². The van der Waals surface area contributed by atoms with Gasteiger partial charge in [0.15, 0.2) is 0 Å². The van der Waals surface area contributed by atoms with Gasteiger partial charge in [-0.1, -0.05) is 0 Å². The van der Waals surface area contributed by atoms with Gasteiger partial charge in [-0.15, -0.1) is 0 Å². The molecule has 0 saturated heterocycles. The lowest BCUT2D eigenvalue weighted by molar-refractivity contribution is 0.0597. The number of hydrogen-bond acceptors (Lipinski definition) is 4. The first-order valence-corrected chi connectivity index (χ1v) is 6.11. The van der Waals surface area contributed by atoms with Crippen LogP contribution in [0.1, 0.15) is 42.1 Å². The quantitative estimate of drug-likeness (QED) is 0.799. The van der Waals surface area contributed by atoms with E-state index in [1.807, 2.05) is 0 Å². The number of rotatable bonds is 2. The first kappa shape index (κ1) is 12.8. The third-order valence-electron chi connectivity index (χ3n) is 3.39. The van der Waals surface area contributed by atoms with E-state index in [2.05, 4.69) is 4.74 Å². The average molecular weight is 251 g/mol. The second-order valence-electron chi connectivity index (χ2n) is 4.60. The molecule has 1 aromatic rings. The van der Waals surface area contributed by atoms with Crippen LogP contribution in [0.5, 0.6) is 0 Å². The summed E-state index contributed by atoms with van der Waals surface area (Å²) in [6.45, 7) is 0. The summed E-state index contributed by atoms with van der Waals surface area (Å²) in [6, 6.07) is 3.09. The molecule has 2 atom stereocenters. The van der Waals surface area contributed by atoms with Crippen molar-refractivity contribution < 1.29 is 14.6 Å². The summed E-state index contributed by atoms with van der Waals surface area (Å²) >= 11 is 0. The number of aliphatic hydroxyl groups is 1. The van der Waals surface area contributed by atoms with Crippen LogP contribution in [0, 0.1) is 0 Å². The second kappa shape index (κ2) is 5.35. The van der Waals surface area contributed by atoms with Crippen LogP contribution >= 0.6 is 0 Å². The number of aromatic nitrogens is 1. The fraction of sp³-hybridized carbons (Fsp3) is 0.538. The number of methoxy groups -OCH3 is 1. The van der Waals surface area contributed by atoms with Crippen LogP contribution in [0.2, 0.25) is 0 Å². The first-order valence-electron chi connectivity index (χ1n) is 6.11. The van der Waals surface area contributed by atoms with E-state index in [-0.39, 0.29) is 23.3 Å². The Morgan fingerprint density at radius 2 is 2.28 bits per heavy atom. The molecule has 2 rings (SSSR count). The summed E-state index contributed by atoms with van der Waals surface area (Å²) in [4.78, 5) is 23.6. The average Bonchev–Trinajstić information content (AvgIpc) is 2.38. The summed E-state index contributed by atoms with van der Waals surface area (Å²) in [5.74, 6) is -0.620. The zero-order valence-corrected chi connectivity index (χ0v) is 10.3. The Morgan fingerprint density at radius 1 is 1.50 bits per heavy atom. The molecule has 1 fully saturated rings. The number of pyridine rings is 1. The molecule has 1 unspecified atom stereocenters. The molecule has 5 nitrogen and oxygen atoms in total. The molecule has 0 aliphatic heterocycles. The molecule has 98 valence electrons. The molecule has 0 spiro atoms. The van der Waals surface area contributed by atoms with Gasteiger partial charge in [0, 0.05) is 12.2 Å². The molecule has 5 heteroatoms. The summed E-state index contributed by atoms with van der Waals surface area (Å²) in [5, 5.41) is 9.65. The van der Waals surface area contributed by atoms with E-state index in [4.69, 9.17) is 0 Å². The molecule has 1 saturated carbocycles. The lowest BCUT2D eigenvalue weighted by atomic mass is 9.92. The Hall–Kier alpha value is -1.62. The van der Waals surface area contributed by atoms with E-state index >= 15 is 0 Å². The highest BCUT2D eigenvalue weighted by atomic mass is 16.5. The maximum atomic E-state index is 12.2. The molecular formula is C13H17NO4. The van der Waals surface area contributed by atoms with E-state index in [1.54, 1.807) is 12.3 Å². The third-order valence-corrected chi connectivity index (χ3v) is 3.39. The summed E-state index contributed by atoms with van der Waals surface area (Å²) < 4.78 is 6.12. The van der Waals surface area contributed by atoms with Crippen molar-refractivity contribution in [1.82, 2.24) is 4.57 Å². The van der Waals surface area contributed by atoms with Crippen molar-refractivity contribution in [2.75, 3.05) is 7.11 Å². The molecule has 18 heavy (non-hydrogen) atoms. The van der Waals surface area contributed by atoms with Gasteiger partial charge in [0.25, 0.3) is 5.56 Å². The molecule has 1 aliphatic rings. The molecule has 0 amide bonds. The Balaban J connectivity index is 2.34. The largest absolute Gasteiger partial charge is 0.465 e. The number of hydrogen-bond donors (Lipinski definition) is 1. The monoisotopic (exact) mass is 251 g/mol. The Labute approximate surface area is 105 Å². The molecule has 0 bridgehead atoms. The van der Waals surface area contributed by atoms with Crippen LogP contribution in [0.3, 0.4) is 0 Å². The van der Waals surface area contributed by atoms with Gasteiger partial charge >= 0.3 is 5.97 Å². The van der Waals surface area contributed by atoms with E-state index in [1.165, 1.54) is 17.7 Å². The van der Waals surface area contributed by atoms with Crippen molar-refractivity contribution in [2.45, 2.75) is 37.8 Å². The van der Waals surface area contributed by atoms with Crippen LogP contribution in [-0.2, 0) is 4.74 Å². The van der Waals surface area contributed by atoms with Crippen molar-refractivity contribution in [1.29, 1.82) is 0 Å². The van der Waals surface area contributed by atoms with Crippen molar-refractivity contribution >= 4 is 5.97 Å². The van der Waals surface area contributed by atoms with Crippen LogP contribution in [0.4, 0.5) is 0 Å².